The van der Waals surface area contributed by atoms with Gasteiger partial charge in [-0.1, -0.05) is 48.5 Å². The third-order valence-electron chi connectivity index (χ3n) is 8.71. The zero-order chi connectivity index (χ0) is 36.6. The Balaban J connectivity index is 1.20. The number of nitrogens with one attached hydrogen (secondary N) is 1. The standard InChI is InChI=1S/C39H51N3O8/c1-38(2,3)49-36(47)41-23-7-9-30(41)33(44)22-21-32(43)28-17-13-26(14-18-28)11-12-27-15-19-29(20-16-27)34(45)25-40-35(46)31-10-8-24-42(31)37(48)50-39(4,5)6/h13-20,30-31H,7-12,21-25H2,1-6H3,(H,40,46)/t30-,31-/m0/s1. The van der Waals surface area contributed by atoms with Crippen molar-refractivity contribution in [3.05, 3.63) is 70.8 Å². The van der Waals surface area contributed by atoms with Gasteiger partial charge in [0.2, 0.25) is 5.91 Å². The summed E-state index contributed by atoms with van der Waals surface area (Å²) in [6, 6.07) is 13.4. The van der Waals surface area contributed by atoms with Crippen LogP contribution in [0.5, 0.6) is 0 Å². The van der Waals surface area contributed by atoms with Gasteiger partial charge >= 0.3 is 12.2 Å². The quantitative estimate of drug-likeness (QED) is 0.264. The summed E-state index contributed by atoms with van der Waals surface area (Å²) in [4.78, 5) is 79.3. The van der Waals surface area contributed by atoms with Crippen molar-refractivity contribution < 1.29 is 38.2 Å². The van der Waals surface area contributed by atoms with Gasteiger partial charge in [-0.25, -0.2) is 9.59 Å². The number of ether oxygens (including phenoxy) is 2. The SMILES string of the molecule is CC(C)(C)OC(=O)N1CCC[C@H]1C(=O)CCC(=O)c1ccc(CCc2ccc(C(=O)CNC(=O)[C@@H]3CCCN3C(=O)OC(C)(C)C)cc2)cc1. The molecule has 2 heterocycles. The van der Waals surface area contributed by atoms with Crippen LogP contribution in [0.2, 0.25) is 0 Å². The number of carbonyl (C=O) groups is 6. The molecular formula is C39H51N3O8. The molecule has 2 fully saturated rings. The number of ketones is 3. The molecule has 2 aromatic rings. The number of rotatable bonds is 12. The van der Waals surface area contributed by atoms with Crippen LogP contribution in [0.4, 0.5) is 9.59 Å². The van der Waals surface area contributed by atoms with Gasteiger partial charge in [-0.15, -0.1) is 0 Å². The highest BCUT2D eigenvalue weighted by molar-refractivity contribution is 6.00. The summed E-state index contributed by atoms with van der Waals surface area (Å²) >= 11 is 0. The van der Waals surface area contributed by atoms with Crippen molar-refractivity contribution in [3.8, 4) is 0 Å². The van der Waals surface area contributed by atoms with E-state index >= 15 is 0 Å². The normalized spacial score (nSPS) is 17.7. The minimum absolute atomic E-state index is 0.0721. The molecule has 2 aliphatic rings. The van der Waals surface area contributed by atoms with Crippen molar-refractivity contribution in [2.24, 2.45) is 0 Å². The predicted molar refractivity (Wildman–Crippen MR) is 188 cm³/mol. The van der Waals surface area contributed by atoms with Gasteiger partial charge in [0.25, 0.3) is 0 Å². The highest BCUT2D eigenvalue weighted by Crippen LogP contribution is 2.24. The van der Waals surface area contributed by atoms with Gasteiger partial charge in [0, 0.05) is 37.1 Å². The minimum atomic E-state index is -0.663. The largest absolute Gasteiger partial charge is 0.444 e. The average Bonchev–Trinajstić information content (AvgIpc) is 3.75. The molecule has 0 unspecified atom stereocenters. The number of carbonyl (C=O) groups excluding carboxylic acids is 6. The molecule has 2 saturated heterocycles. The summed E-state index contributed by atoms with van der Waals surface area (Å²) in [5, 5.41) is 2.69. The third-order valence-corrected chi connectivity index (χ3v) is 8.71. The Hall–Kier alpha value is -4.54. The van der Waals surface area contributed by atoms with Crippen LogP contribution in [0.3, 0.4) is 0 Å². The number of aryl methyl sites for hydroxylation is 2. The first-order valence-electron chi connectivity index (χ1n) is 17.5. The van der Waals surface area contributed by atoms with Gasteiger partial charge in [0.05, 0.1) is 12.6 Å². The molecule has 270 valence electrons. The molecule has 0 spiro atoms. The summed E-state index contributed by atoms with van der Waals surface area (Å²) < 4.78 is 10.9. The number of hydrogen-bond donors (Lipinski definition) is 1. The lowest BCUT2D eigenvalue weighted by Gasteiger charge is -2.28. The van der Waals surface area contributed by atoms with Crippen molar-refractivity contribution in [2.75, 3.05) is 19.6 Å². The van der Waals surface area contributed by atoms with E-state index in [1.807, 2.05) is 24.3 Å². The van der Waals surface area contributed by atoms with Crippen molar-refractivity contribution >= 4 is 35.4 Å². The Morgan fingerprint density at radius 3 is 1.56 bits per heavy atom. The second kappa shape index (κ2) is 16.4. The zero-order valence-corrected chi connectivity index (χ0v) is 30.2. The molecule has 0 aromatic heterocycles. The first-order valence-corrected chi connectivity index (χ1v) is 17.5. The van der Waals surface area contributed by atoms with E-state index < -0.39 is 35.5 Å². The Morgan fingerprint density at radius 1 is 0.640 bits per heavy atom. The summed E-state index contributed by atoms with van der Waals surface area (Å²) in [6.07, 6.45) is 3.11. The fourth-order valence-corrected chi connectivity index (χ4v) is 6.16. The molecule has 11 nitrogen and oxygen atoms in total. The Labute approximate surface area is 295 Å². The van der Waals surface area contributed by atoms with Crippen molar-refractivity contribution in [2.45, 2.75) is 116 Å². The van der Waals surface area contributed by atoms with Crippen LogP contribution in [0.25, 0.3) is 0 Å². The highest BCUT2D eigenvalue weighted by atomic mass is 16.6. The zero-order valence-electron chi connectivity index (χ0n) is 30.2. The molecule has 2 atom stereocenters. The molecule has 3 amide bonds. The lowest BCUT2D eigenvalue weighted by Crippen LogP contribution is -2.48. The van der Waals surface area contributed by atoms with Crippen LogP contribution in [0, 0.1) is 0 Å². The molecule has 4 rings (SSSR count). The Kier molecular flexibility index (Phi) is 12.6. The van der Waals surface area contributed by atoms with E-state index in [1.54, 1.807) is 65.8 Å². The highest BCUT2D eigenvalue weighted by Gasteiger charge is 2.37. The first kappa shape index (κ1) is 38.3. The molecular weight excluding hydrogens is 638 g/mol. The second-order valence-corrected chi connectivity index (χ2v) is 15.1. The lowest BCUT2D eigenvalue weighted by atomic mass is 9.98. The number of Topliss-reactive ketones (excluding diaryl/α,β-unsaturated/α-hetero) is 3. The van der Waals surface area contributed by atoms with Gasteiger partial charge in [0.1, 0.15) is 17.2 Å². The molecule has 0 bridgehead atoms. The predicted octanol–water partition coefficient (Wildman–Crippen LogP) is 6.10. The fourth-order valence-electron chi connectivity index (χ4n) is 6.16. The maximum absolute atomic E-state index is 12.9. The third kappa shape index (κ3) is 11.0. The monoisotopic (exact) mass is 689 g/mol. The van der Waals surface area contributed by atoms with Gasteiger partial charge in [-0.05, 0) is 91.2 Å². The number of likely N-dealkylation sites (tertiary alicyclic amines) is 2. The van der Waals surface area contributed by atoms with Crippen LogP contribution in [-0.2, 0) is 31.9 Å². The van der Waals surface area contributed by atoms with E-state index in [9.17, 15) is 28.8 Å². The Bertz CT molecular complexity index is 1440. The number of nitrogens with zero attached hydrogens (tertiary/aromatic N) is 2. The molecule has 0 radical (unpaired) electrons. The smallest absolute Gasteiger partial charge is 0.410 e. The van der Waals surface area contributed by atoms with Crippen molar-refractivity contribution in [3.63, 3.8) is 0 Å². The van der Waals surface area contributed by atoms with Gasteiger partial charge in [-0.2, -0.15) is 0 Å². The van der Waals surface area contributed by atoms with E-state index in [0.717, 1.165) is 30.4 Å². The lowest BCUT2D eigenvalue weighted by molar-refractivity contribution is -0.125. The Morgan fingerprint density at radius 2 is 1.08 bits per heavy atom. The van der Waals surface area contributed by atoms with Gasteiger partial charge in [-0.3, -0.25) is 29.0 Å². The van der Waals surface area contributed by atoms with E-state index in [4.69, 9.17) is 9.47 Å². The molecule has 2 aromatic carbocycles. The van der Waals surface area contributed by atoms with Crippen molar-refractivity contribution in [1.82, 2.24) is 15.1 Å². The van der Waals surface area contributed by atoms with Crippen LogP contribution >= 0.6 is 0 Å². The molecule has 2 aliphatic heterocycles. The van der Waals surface area contributed by atoms with Crippen molar-refractivity contribution in [1.29, 1.82) is 0 Å². The summed E-state index contributed by atoms with van der Waals surface area (Å²) in [5.74, 6) is -0.828. The van der Waals surface area contributed by atoms with Crippen LogP contribution in [0.1, 0.15) is 112 Å². The average molecular weight is 690 g/mol. The summed E-state index contributed by atoms with van der Waals surface area (Å²) in [5.41, 5.74) is 1.80. The molecule has 50 heavy (non-hydrogen) atoms. The number of benzene rings is 2. The molecule has 1 N–H and O–H groups in total. The first-order chi connectivity index (χ1) is 23.5. The fraction of sp³-hybridized carbons (Fsp3) is 0.538. The number of amides is 3. The van der Waals surface area contributed by atoms with Gasteiger partial charge < -0.3 is 14.8 Å². The second-order valence-electron chi connectivity index (χ2n) is 15.1. The molecule has 0 saturated carbocycles. The van der Waals surface area contributed by atoms with E-state index in [1.165, 1.54) is 9.80 Å². The van der Waals surface area contributed by atoms with Crippen LogP contribution in [0.15, 0.2) is 48.5 Å². The van der Waals surface area contributed by atoms with Gasteiger partial charge in [0.15, 0.2) is 17.3 Å². The van der Waals surface area contributed by atoms with Crippen LogP contribution < -0.4 is 5.32 Å². The molecule has 0 aliphatic carbocycles. The summed E-state index contributed by atoms with van der Waals surface area (Å²) in [7, 11) is 0. The van der Waals surface area contributed by atoms with E-state index in [-0.39, 0.29) is 42.6 Å². The summed E-state index contributed by atoms with van der Waals surface area (Å²) in [6.45, 7) is 11.4. The maximum Gasteiger partial charge on any atom is 0.410 e. The van der Waals surface area contributed by atoms with Crippen LogP contribution in [-0.4, -0.2) is 88.2 Å². The van der Waals surface area contributed by atoms with E-state index in [2.05, 4.69) is 5.32 Å². The van der Waals surface area contributed by atoms with E-state index in [0.29, 0.717) is 43.5 Å². The maximum atomic E-state index is 12.9. The minimum Gasteiger partial charge on any atom is -0.444 e. The topological polar surface area (TPSA) is 139 Å². The number of hydrogen-bond acceptors (Lipinski definition) is 8. The molecule has 11 heteroatoms.